The second kappa shape index (κ2) is 6.04. The molecule has 0 saturated heterocycles. The van der Waals surface area contributed by atoms with Gasteiger partial charge in [0, 0.05) is 4.47 Å². The minimum atomic E-state index is 0.226. The molecular formula is C15H8BrN3OS. The minimum Gasteiger partial charge on any atom is -0.333 e. The smallest absolute Gasteiger partial charge is 0.268 e. The molecule has 0 aliphatic heterocycles. The summed E-state index contributed by atoms with van der Waals surface area (Å²) in [5, 5.41) is 15.1. The van der Waals surface area contributed by atoms with Crippen LogP contribution in [0.15, 0.2) is 50.8 Å². The zero-order valence-corrected chi connectivity index (χ0v) is 13.1. The fourth-order valence-corrected chi connectivity index (χ4v) is 2.62. The summed E-state index contributed by atoms with van der Waals surface area (Å²) in [6.45, 7) is 0. The van der Waals surface area contributed by atoms with Gasteiger partial charge in [0.25, 0.3) is 5.89 Å². The van der Waals surface area contributed by atoms with Crippen molar-refractivity contribution in [3.8, 4) is 16.8 Å². The number of aromatic nitrogens is 2. The standard InChI is InChI=1S/C15H8BrN3OS/c16-12-5-3-10(4-6-12)8-11(9-17)15-18-14(19-20-15)13-2-1-7-21-13/h1-8H/b11-8+. The van der Waals surface area contributed by atoms with E-state index < -0.39 is 0 Å². The van der Waals surface area contributed by atoms with E-state index in [4.69, 9.17) is 4.52 Å². The van der Waals surface area contributed by atoms with E-state index in [1.165, 1.54) is 11.3 Å². The van der Waals surface area contributed by atoms with E-state index in [9.17, 15) is 5.26 Å². The summed E-state index contributed by atoms with van der Waals surface area (Å²) in [5.74, 6) is 0.723. The average Bonchev–Trinajstić information content (AvgIpc) is 3.17. The van der Waals surface area contributed by atoms with Crippen molar-refractivity contribution in [2.75, 3.05) is 0 Å². The fourth-order valence-electron chi connectivity index (χ4n) is 1.71. The molecule has 6 heteroatoms. The molecular weight excluding hydrogens is 350 g/mol. The van der Waals surface area contributed by atoms with Gasteiger partial charge < -0.3 is 4.52 Å². The van der Waals surface area contributed by atoms with Crippen molar-refractivity contribution in [2.24, 2.45) is 0 Å². The molecule has 0 radical (unpaired) electrons. The largest absolute Gasteiger partial charge is 0.333 e. The molecule has 4 nitrogen and oxygen atoms in total. The lowest BCUT2D eigenvalue weighted by Crippen LogP contribution is -1.82. The second-order valence-electron chi connectivity index (χ2n) is 4.12. The van der Waals surface area contributed by atoms with E-state index in [1.807, 2.05) is 41.8 Å². The van der Waals surface area contributed by atoms with Gasteiger partial charge in [0.05, 0.1) is 4.88 Å². The summed E-state index contributed by atoms with van der Waals surface area (Å²) >= 11 is 4.90. The molecule has 0 atom stereocenters. The highest BCUT2D eigenvalue weighted by molar-refractivity contribution is 9.10. The maximum absolute atomic E-state index is 9.28. The quantitative estimate of drug-likeness (QED) is 0.641. The lowest BCUT2D eigenvalue weighted by Gasteiger charge is -1.94. The van der Waals surface area contributed by atoms with Crippen molar-refractivity contribution < 1.29 is 4.52 Å². The second-order valence-corrected chi connectivity index (χ2v) is 5.99. The van der Waals surface area contributed by atoms with E-state index in [-0.39, 0.29) is 5.89 Å². The molecule has 3 aromatic rings. The molecule has 2 heterocycles. The van der Waals surface area contributed by atoms with Crippen LogP contribution in [-0.4, -0.2) is 10.1 Å². The van der Waals surface area contributed by atoms with Gasteiger partial charge in [0.2, 0.25) is 5.82 Å². The summed E-state index contributed by atoms with van der Waals surface area (Å²) in [5.41, 5.74) is 1.23. The topological polar surface area (TPSA) is 62.7 Å². The van der Waals surface area contributed by atoms with E-state index in [2.05, 4.69) is 32.1 Å². The van der Waals surface area contributed by atoms with Gasteiger partial charge in [0.15, 0.2) is 0 Å². The lowest BCUT2D eigenvalue weighted by molar-refractivity contribution is 0.409. The van der Waals surface area contributed by atoms with Gasteiger partial charge in [-0.15, -0.1) is 11.3 Å². The van der Waals surface area contributed by atoms with Crippen molar-refractivity contribution in [3.05, 3.63) is 57.7 Å². The van der Waals surface area contributed by atoms with Gasteiger partial charge in [-0.3, -0.25) is 0 Å². The Kier molecular flexibility index (Phi) is 3.95. The lowest BCUT2D eigenvalue weighted by atomic mass is 10.1. The summed E-state index contributed by atoms with van der Waals surface area (Å²) in [6.07, 6.45) is 1.72. The van der Waals surface area contributed by atoms with Crippen molar-refractivity contribution >= 4 is 38.9 Å². The third kappa shape index (κ3) is 3.10. The van der Waals surface area contributed by atoms with Crippen LogP contribution in [0.1, 0.15) is 11.5 Å². The van der Waals surface area contributed by atoms with Crippen LogP contribution < -0.4 is 0 Å². The first-order valence-electron chi connectivity index (χ1n) is 6.01. The Balaban J connectivity index is 1.94. The van der Waals surface area contributed by atoms with Crippen LogP contribution in [0.5, 0.6) is 0 Å². The third-order valence-electron chi connectivity index (χ3n) is 2.70. The van der Waals surface area contributed by atoms with Gasteiger partial charge in [-0.25, -0.2) is 0 Å². The van der Waals surface area contributed by atoms with Crippen molar-refractivity contribution in [1.29, 1.82) is 5.26 Å². The van der Waals surface area contributed by atoms with Crippen LogP contribution in [0.25, 0.3) is 22.4 Å². The number of halogens is 1. The number of rotatable bonds is 3. The number of hydrogen-bond donors (Lipinski definition) is 0. The molecule has 0 bridgehead atoms. The molecule has 102 valence electrons. The molecule has 0 aliphatic carbocycles. The Labute approximate surface area is 133 Å². The van der Waals surface area contributed by atoms with E-state index in [0.29, 0.717) is 11.4 Å². The highest BCUT2D eigenvalue weighted by atomic mass is 79.9. The molecule has 0 unspecified atom stereocenters. The Morgan fingerprint density at radius 2 is 2.10 bits per heavy atom. The maximum Gasteiger partial charge on any atom is 0.268 e. The number of nitriles is 1. The maximum atomic E-state index is 9.28. The number of nitrogens with zero attached hydrogens (tertiary/aromatic N) is 3. The zero-order chi connectivity index (χ0) is 14.7. The van der Waals surface area contributed by atoms with Crippen molar-refractivity contribution in [1.82, 2.24) is 10.1 Å². The van der Waals surface area contributed by atoms with Crippen LogP contribution in [0.4, 0.5) is 0 Å². The molecule has 2 aromatic heterocycles. The summed E-state index contributed by atoms with van der Waals surface area (Å²) in [7, 11) is 0. The van der Waals surface area contributed by atoms with Crippen LogP contribution in [0.2, 0.25) is 0 Å². The number of allylic oxidation sites excluding steroid dienone is 1. The highest BCUT2D eigenvalue weighted by Gasteiger charge is 2.13. The van der Waals surface area contributed by atoms with Gasteiger partial charge >= 0.3 is 0 Å². The first-order valence-corrected chi connectivity index (χ1v) is 7.69. The highest BCUT2D eigenvalue weighted by Crippen LogP contribution is 2.24. The average molecular weight is 358 g/mol. The predicted octanol–water partition coefficient (Wildman–Crippen LogP) is 4.62. The Bertz CT molecular complexity index is 813. The molecule has 0 fully saturated rings. The Morgan fingerprint density at radius 1 is 1.29 bits per heavy atom. The summed E-state index contributed by atoms with van der Waals surface area (Å²) < 4.78 is 6.17. The SMILES string of the molecule is N#C/C(=C\c1ccc(Br)cc1)c1nc(-c2cccs2)no1. The van der Waals surface area contributed by atoms with E-state index in [1.54, 1.807) is 6.08 Å². The van der Waals surface area contributed by atoms with Gasteiger partial charge in [-0.1, -0.05) is 39.3 Å². The van der Waals surface area contributed by atoms with Crippen molar-refractivity contribution in [3.63, 3.8) is 0 Å². The number of hydrogen-bond acceptors (Lipinski definition) is 5. The normalized spacial score (nSPS) is 11.3. The van der Waals surface area contributed by atoms with E-state index in [0.717, 1.165) is 14.9 Å². The van der Waals surface area contributed by atoms with Gasteiger partial charge in [0.1, 0.15) is 11.6 Å². The third-order valence-corrected chi connectivity index (χ3v) is 4.09. The number of thiophene rings is 1. The molecule has 0 spiro atoms. The monoisotopic (exact) mass is 357 g/mol. The molecule has 21 heavy (non-hydrogen) atoms. The molecule has 0 N–H and O–H groups in total. The van der Waals surface area contributed by atoms with Crippen LogP contribution in [0.3, 0.4) is 0 Å². The molecule has 0 amide bonds. The minimum absolute atomic E-state index is 0.226. The summed E-state index contributed by atoms with van der Waals surface area (Å²) in [4.78, 5) is 5.18. The van der Waals surface area contributed by atoms with Gasteiger partial charge in [-0.2, -0.15) is 10.2 Å². The Hall–Kier alpha value is -2.23. The fraction of sp³-hybridized carbons (Fsp3) is 0. The van der Waals surface area contributed by atoms with E-state index >= 15 is 0 Å². The van der Waals surface area contributed by atoms with Crippen LogP contribution >= 0.6 is 27.3 Å². The number of benzene rings is 1. The molecule has 3 rings (SSSR count). The Morgan fingerprint density at radius 3 is 2.76 bits per heavy atom. The van der Waals surface area contributed by atoms with Crippen molar-refractivity contribution in [2.45, 2.75) is 0 Å². The van der Waals surface area contributed by atoms with Gasteiger partial charge in [-0.05, 0) is 35.2 Å². The van der Waals surface area contributed by atoms with Crippen LogP contribution in [0, 0.1) is 11.3 Å². The first-order chi connectivity index (χ1) is 10.3. The zero-order valence-electron chi connectivity index (χ0n) is 10.7. The molecule has 1 aromatic carbocycles. The predicted molar refractivity (Wildman–Crippen MR) is 85.2 cm³/mol. The van der Waals surface area contributed by atoms with Crippen LogP contribution in [-0.2, 0) is 0 Å². The summed E-state index contributed by atoms with van der Waals surface area (Å²) in [6, 6.07) is 13.5. The molecule has 0 saturated carbocycles. The first kappa shape index (κ1) is 13.7. The molecule has 0 aliphatic rings.